The quantitative estimate of drug-likeness (QED) is 0.815. The lowest BCUT2D eigenvalue weighted by molar-refractivity contribution is 0.108. The lowest BCUT2D eigenvalue weighted by Gasteiger charge is -2.16. The lowest BCUT2D eigenvalue weighted by Crippen LogP contribution is -2.25. The van der Waals surface area contributed by atoms with Gasteiger partial charge >= 0.3 is 0 Å². The molecule has 0 aliphatic heterocycles. The second-order valence-electron chi connectivity index (χ2n) is 3.78. The molecule has 0 bridgehead atoms. The second-order valence-corrected chi connectivity index (χ2v) is 4.85. The minimum atomic E-state index is 0. The monoisotopic (exact) mass is 324 g/mol. The molecule has 0 saturated heterocycles. The first-order valence-electron chi connectivity index (χ1n) is 5.92. The van der Waals surface area contributed by atoms with Crippen LogP contribution in [-0.4, -0.2) is 35.4 Å². The van der Waals surface area contributed by atoms with Crippen molar-refractivity contribution in [3.63, 3.8) is 0 Å². The summed E-state index contributed by atoms with van der Waals surface area (Å²) in [6.45, 7) is 7.30. The Balaban J connectivity index is 0. The molecule has 1 aromatic carbocycles. The van der Waals surface area contributed by atoms with Crippen LogP contribution in [-0.2, 0) is 0 Å². The zero-order valence-corrected chi connectivity index (χ0v) is 13.7. The number of carbonyl (C=O) groups excluding carboxylic acids is 1. The van der Waals surface area contributed by atoms with E-state index >= 15 is 0 Å². The zero-order chi connectivity index (χ0) is 12.7. The summed E-state index contributed by atoms with van der Waals surface area (Å²) >= 11 is 1.37. The standard InChI is InChI=1S/C13H20N2OS.2ClH/c1-3-15(4-2)9-10-17-13(16)11-5-7-12(14)8-6-11;;/h5-8H,3-4,9-10,14H2,1-2H3;2*1H. The molecule has 0 aromatic heterocycles. The maximum atomic E-state index is 11.8. The van der Waals surface area contributed by atoms with Gasteiger partial charge in [0.1, 0.15) is 0 Å². The number of benzene rings is 1. The number of thioether (sulfide) groups is 1. The number of anilines is 1. The molecule has 0 saturated carbocycles. The molecule has 0 atom stereocenters. The van der Waals surface area contributed by atoms with Crippen LogP contribution in [0, 0.1) is 0 Å². The Morgan fingerprint density at radius 3 is 2.16 bits per heavy atom. The highest BCUT2D eigenvalue weighted by molar-refractivity contribution is 8.14. The van der Waals surface area contributed by atoms with E-state index < -0.39 is 0 Å². The number of hydrogen-bond acceptors (Lipinski definition) is 4. The largest absolute Gasteiger partial charge is 0.399 e. The Labute approximate surface area is 132 Å². The summed E-state index contributed by atoms with van der Waals surface area (Å²) in [7, 11) is 0. The van der Waals surface area contributed by atoms with Gasteiger partial charge < -0.3 is 10.6 Å². The molecule has 1 aromatic rings. The second kappa shape index (κ2) is 11.4. The fourth-order valence-corrected chi connectivity index (χ4v) is 2.35. The van der Waals surface area contributed by atoms with Crippen molar-refractivity contribution in [1.82, 2.24) is 4.90 Å². The van der Waals surface area contributed by atoms with E-state index in [-0.39, 0.29) is 29.9 Å². The predicted molar refractivity (Wildman–Crippen MR) is 89.9 cm³/mol. The van der Waals surface area contributed by atoms with Gasteiger partial charge in [0, 0.05) is 23.5 Å². The summed E-state index contributed by atoms with van der Waals surface area (Å²) in [6, 6.07) is 7.08. The molecule has 0 radical (unpaired) electrons. The molecule has 0 unspecified atom stereocenters. The van der Waals surface area contributed by atoms with Crippen molar-refractivity contribution in [1.29, 1.82) is 0 Å². The smallest absolute Gasteiger partial charge is 0.219 e. The SMILES string of the molecule is CCN(CC)CCSC(=O)c1ccc(N)cc1.Cl.Cl. The number of nitrogen functional groups attached to an aromatic ring is 1. The molecular formula is C13H22Cl2N2OS. The highest BCUT2D eigenvalue weighted by atomic mass is 35.5. The molecule has 2 N–H and O–H groups in total. The summed E-state index contributed by atoms with van der Waals surface area (Å²) in [6.07, 6.45) is 0. The van der Waals surface area contributed by atoms with Crippen molar-refractivity contribution in [2.75, 3.05) is 31.1 Å². The lowest BCUT2D eigenvalue weighted by atomic mass is 10.2. The van der Waals surface area contributed by atoms with Gasteiger partial charge in [-0.1, -0.05) is 25.6 Å². The first-order chi connectivity index (χ1) is 8.17. The molecule has 0 spiro atoms. The molecule has 19 heavy (non-hydrogen) atoms. The van der Waals surface area contributed by atoms with Crippen LogP contribution in [0.4, 0.5) is 5.69 Å². The third-order valence-electron chi connectivity index (χ3n) is 2.68. The van der Waals surface area contributed by atoms with Crippen LogP contribution in [0.2, 0.25) is 0 Å². The molecule has 0 aliphatic rings. The van der Waals surface area contributed by atoms with Crippen LogP contribution in [0.5, 0.6) is 0 Å². The topological polar surface area (TPSA) is 46.3 Å². The normalized spacial score (nSPS) is 9.63. The highest BCUT2D eigenvalue weighted by Crippen LogP contribution is 2.14. The van der Waals surface area contributed by atoms with E-state index in [1.807, 2.05) is 0 Å². The number of halogens is 2. The third-order valence-corrected chi connectivity index (χ3v) is 3.57. The van der Waals surface area contributed by atoms with Gasteiger partial charge in [-0.15, -0.1) is 24.8 Å². The number of nitrogens with zero attached hydrogens (tertiary/aromatic N) is 1. The first-order valence-corrected chi connectivity index (χ1v) is 6.91. The summed E-state index contributed by atoms with van der Waals surface area (Å²) in [5.41, 5.74) is 6.99. The van der Waals surface area contributed by atoms with Crippen LogP contribution in [0.15, 0.2) is 24.3 Å². The van der Waals surface area contributed by atoms with Crippen LogP contribution in [0.25, 0.3) is 0 Å². The molecule has 3 nitrogen and oxygen atoms in total. The Morgan fingerprint density at radius 2 is 1.68 bits per heavy atom. The summed E-state index contributed by atoms with van der Waals surface area (Å²) in [5.74, 6) is 0.838. The third kappa shape index (κ3) is 7.67. The Hall–Kier alpha value is -0.420. The predicted octanol–water partition coefficient (Wildman–Crippen LogP) is 3.33. The van der Waals surface area contributed by atoms with E-state index in [1.165, 1.54) is 11.8 Å². The van der Waals surface area contributed by atoms with Crippen LogP contribution < -0.4 is 5.73 Å². The number of rotatable bonds is 6. The van der Waals surface area contributed by atoms with Crippen molar-refractivity contribution in [3.8, 4) is 0 Å². The van der Waals surface area contributed by atoms with Crippen LogP contribution in [0.1, 0.15) is 24.2 Å². The highest BCUT2D eigenvalue weighted by Gasteiger charge is 2.07. The average Bonchev–Trinajstić information content (AvgIpc) is 2.35. The van der Waals surface area contributed by atoms with E-state index in [9.17, 15) is 4.79 Å². The van der Waals surface area contributed by atoms with Gasteiger partial charge in [0.25, 0.3) is 0 Å². The maximum absolute atomic E-state index is 11.8. The average molecular weight is 325 g/mol. The molecule has 0 fully saturated rings. The van der Waals surface area contributed by atoms with E-state index in [0.29, 0.717) is 5.69 Å². The van der Waals surface area contributed by atoms with Crippen molar-refractivity contribution in [2.24, 2.45) is 0 Å². The van der Waals surface area contributed by atoms with E-state index in [1.54, 1.807) is 24.3 Å². The molecule has 0 aliphatic carbocycles. The maximum Gasteiger partial charge on any atom is 0.219 e. The molecule has 6 heteroatoms. The van der Waals surface area contributed by atoms with Crippen LogP contribution >= 0.6 is 36.6 Å². The molecule has 110 valence electrons. The van der Waals surface area contributed by atoms with Gasteiger partial charge in [-0.3, -0.25) is 4.79 Å². The van der Waals surface area contributed by atoms with Crippen molar-refractivity contribution < 1.29 is 4.79 Å². The molecule has 0 amide bonds. The minimum absolute atomic E-state index is 0. The van der Waals surface area contributed by atoms with Crippen LogP contribution in [0.3, 0.4) is 0 Å². The number of hydrogen-bond donors (Lipinski definition) is 1. The van der Waals surface area contributed by atoms with Gasteiger partial charge in [-0.2, -0.15) is 0 Å². The van der Waals surface area contributed by atoms with E-state index in [0.717, 1.165) is 31.0 Å². The fraction of sp³-hybridized carbons (Fsp3) is 0.462. The number of nitrogens with two attached hydrogens (primary N) is 1. The Morgan fingerprint density at radius 1 is 1.16 bits per heavy atom. The van der Waals surface area contributed by atoms with Gasteiger partial charge in [-0.05, 0) is 37.4 Å². The Kier molecular flexibility index (Phi) is 12.5. The first kappa shape index (κ1) is 20.9. The summed E-state index contributed by atoms with van der Waals surface area (Å²) in [5, 5.41) is 0.122. The van der Waals surface area contributed by atoms with Gasteiger partial charge in [0.05, 0.1) is 0 Å². The molecule has 1 rings (SSSR count). The van der Waals surface area contributed by atoms with Crippen molar-refractivity contribution in [3.05, 3.63) is 29.8 Å². The van der Waals surface area contributed by atoms with Crippen molar-refractivity contribution in [2.45, 2.75) is 13.8 Å². The van der Waals surface area contributed by atoms with Gasteiger partial charge in [0.15, 0.2) is 0 Å². The van der Waals surface area contributed by atoms with E-state index in [2.05, 4.69) is 18.7 Å². The van der Waals surface area contributed by atoms with Gasteiger partial charge in [0.2, 0.25) is 5.12 Å². The molecular weight excluding hydrogens is 303 g/mol. The van der Waals surface area contributed by atoms with Gasteiger partial charge in [-0.25, -0.2) is 0 Å². The summed E-state index contributed by atoms with van der Waals surface area (Å²) < 4.78 is 0. The zero-order valence-electron chi connectivity index (χ0n) is 11.3. The number of carbonyl (C=O) groups is 1. The van der Waals surface area contributed by atoms with Crippen molar-refractivity contribution >= 4 is 47.4 Å². The Bertz CT molecular complexity index is 356. The summed E-state index contributed by atoms with van der Waals surface area (Å²) in [4.78, 5) is 14.1. The minimum Gasteiger partial charge on any atom is -0.399 e. The van der Waals surface area contributed by atoms with E-state index in [4.69, 9.17) is 5.73 Å². The molecule has 0 heterocycles. The fourth-order valence-electron chi connectivity index (χ4n) is 1.51.